The Morgan fingerprint density at radius 3 is 2.48 bits per heavy atom. The molecule has 118 valence electrons. The first-order valence-corrected chi connectivity index (χ1v) is 9.46. The zero-order chi connectivity index (χ0) is 16.3. The van der Waals surface area contributed by atoms with Crippen molar-refractivity contribution in [3.63, 3.8) is 0 Å². The van der Waals surface area contributed by atoms with Gasteiger partial charge in [-0.3, -0.25) is 4.79 Å². The molecule has 5 nitrogen and oxygen atoms in total. The van der Waals surface area contributed by atoms with E-state index in [0.29, 0.717) is 0 Å². The molecule has 0 aliphatic carbocycles. The van der Waals surface area contributed by atoms with Crippen LogP contribution in [0.25, 0.3) is 6.08 Å². The van der Waals surface area contributed by atoms with Crippen LogP contribution in [0.15, 0.2) is 12.3 Å². The van der Waals surface area contributed by atoms with E-state index in [0.717, 1.165) is 9.88 Å². The van der Waals surface area contributed by atoms with E-state index in [1.165, 1.54) is 23.7 Å². The highest BCUT2D eigenvalue weighted by Crippen LogP contribution is 2.16. The number of carbonyl (C=O) groups excluding carboxylic acids is 1. The molecule has 0 atom stereocenters. The van der Waals surface area contributed by atoms with Gasteiger partial charge in [0.1, 0.15) is 9.84 Å². The largest absolute Gasteiger partial charge is 0.333 e. The van der Waals surface area contributed by atoms with E-state index in [-0.39, 0.29) is 18.2 Å². The minimum Gasteiger partial charge on any atom is -0.333 e. The fourth-order valence-corrected chi connectivity index (χ4v) is 2.93. The molecular weight excluding hydrogens is 308 g/mol. The molecule has 1 aromatic heterocycles. The molecular formula is C14H22N2O3S2. The number of sulfone groups is 1. The molecule has 1 rings (SSSR count). The van der Waals surface area contributed by atoms with Crippen molar-refractivity contribution in [3.8, 4) is 0 Å². The van der Waals surface area contributed by atoms with E-state index in [1.54, 1.807) is 17.2 Å². The lowest BCUT2D eigenvalue weighted by molar-refractivity contribution is -0.130. The highest BCUT2D eigenvalue weighted by Gasteiger charge is 2.25. The fraction of sp³-hybridized carbons (Fsp3) is 0.571. The molecule has 0 spiro atoms. The van der Waals surface area contributed by atoms with Crippen LogP contribution in [-0.4, -0.2) is 48.3 Å². The van der Waals surface area contributed by atoms with Crippen molar-refractivity contribution in [1.29, 1.82) is 0 Å². The van der Waals surface area contributed by atoms with Crippen molar-refractivity contribution in [2.45, 2.75) is 33.2 Å². The molecule has 1 amide bonds. The topological polar surface area (TPSA) is 67.3 Å². The van der Waals surface area contributed by atoms with Gasteiger partial charge in [-0.2, -0.15) is 0 Å². The molecule has 0 N–H and O–H groups in total. The van der Waals surface area contributed by atoms with Crippen LogP contribution < -0.4 is 0 Å². The molecule has 0 saturated heterocycles. The molecule has 0 saturated carbocycles. The molecule has 0 aliphatic rings. The summed E-state index contributed by atoms with van der Waals surface area (Å²) in [6.07, 6.45) is 6.07. The Bertz CT molecular complexity index is 625. The number of carbonyl (C=O) groups is 1. The number of hydrogen-bond acceptors (Lipinski definition) is 5. The van der Waals surface area contributed by atoms with Crippen LogP contribution in [0.2, 0.25) is 0 Å². The summed E-state index contributed by atoms with van der Waals surface area (Å²) < 4.78 is 22.6. The Balaban J connectivity index is 2.83. The van der Waals surface area contributed by atoms with Gasteiger partial charge >= 0.3 is 0 Å². The van der Waals surface area contributed by atoms with E-state index in [1.807, 2.05) is 27.7 Å². The molecule has 0 aliphatic heterocycles. The third-order valence-corrected chi connectivity index (χ3v) is 4.59. The van der Waals surface area contributed by atoms with Gasteiger partial charge in [0, 0.05) is 35.5 Å². The first kappa shape index (κ1) is 17.8. The van der Waals surface area contributed by atoms with Crippen molar-refractivity contribution >= 4 is 33.2 Å². The lowest BCUT2D eigenvalue weighted by Crippen LogP contribution is -2.47. The van der Waals surface area contributed by atoms with Gasteiger partial charge in [-0.05, 0) is 33.8 Å². The Kier molecular flexibility index (Phi) is 5.69. The summed E-state index contributed by atoms with van der Waals surface area (Å²) in [7, 11) is -3.10. The summed E-state index contributed by atoms with van der Waals surface area (Å²) in [5, 5.41) is 0.937. The molecule has 0 unspecified atom stereocenters. The fourth-order valence-electron chi connectivity index (χ4n) is 1.73. The second-order valence-corrected chi connectivity index (χ2v) is 9.43. The summed E-state index contributed by atoms with van der Waals surface area (Å²) in [6, 6.07) is 0. The lowest BCUT2D eigenvalue weighted by Gasteiger charge is -2.34. The second-order valence-electron chi connectivity index (χ2n) is 5.91. The number of thiazole rings is 1. The summed E-state index contributed by atoms with van der Waals surface area (Å²) >= 11 is 1.50. The highest BCUT2D eigenvalue weighted by molar-refractivity contribution is 7.90. The molecule has 1 heterocycles. The molecule has 0 radical (unpaired) electrons. The normalized spacial score (nSPS) is 12.8. The van der Waals surface area contributed by atoms with Gasteiger partial charge in [-0.25, -0.2) is 13.4 Å². The van der Waals surface area contributed by atoms with Crippen LogP contribution in [0.4, 0.5) is 0 Å². The maximum atomic E-state index is 12.3. The molecule has 0 bridgehead atoms. The number of aromatic nitrogens is 1. The standard InChI is InChI=1S/C14H22N2O3S2/c1-11-15-10-12(20-11)6-7-13(17)16(14(2,3)4)8-9-21(5,18)19/h6-7,10H,8-9H2,1-5H3. The second kappa shape index (κ2) is 6.70. The van der Waals surface area contributed by atoms with Gasteiger partial charge in [-0.15, -0.1) is 11.3 Å². The molecule has 21 heavy (non-hydrogen) atoms. The number of nitrogens with zero attached hydrogens (tertiary/aromatic N) is 2. The average Bonchev–Trinajstić information content (AvgIpc) is 2.69. The van der Waals surface area contributed by atoms with E-state index in [9.17, 15) is 13.2 Å². The van der Waals surface area contributed by atoms with Crippen LogP contribution in [-0.2, 0) is 14.6 Å². The van der Waals surface area contributed by atoms with Crippen molar-refractivity contribution in [1.82, 2.24) is 9.88 Å². The van der Waals surface area contributed by atoms with Gasteiger partial charge in [0.15, 0.2) is 0 Å². The van der Waals surface area contributed by atoms with Gasteiger partial charge in [0.05, 0.1) is 10.8 Å². The smallest absolute Gasteiger partial charge is 0.247 e. The maximum absolute atomic E-state index is 12.3. The minimum absolute atomic E-state index is 0.0382. The van der Waals surface area contributed by atoms with E-state index in [2.05, 4.69) is 4.98 Å². The van der Waals surface area contributed by atoms with Gasteiger partial charge in [0.25, 0.3) is 0 Å². The quantitative estimate of drug-likeness (QED) is 0.776. The van der Waals surface area contributed by atoms with E-state index >= 15 is 0 Å². The Labute approximate surface area is 130 Å². The van der Waals surface area contributed by atoms with Crippen molar-refractivity contribution in [3.05, 3.63) is 22.2 Å². The zero-order valence-corrected chi connectivity index (χ0v) is 14.7. The Morgan fingerprint density at radius 2 is 2.05 bits per heavy atom. The molecule has 7 heteroatoms. The zero-order valence-electron chi connectivity index (χ0n) is 13.1. The third kappa shape index (κ3) is 6.39. The van der Waals surface area contributed by atoms with Crippen LogP contribution in [0.3, 0.4) is 0 Å². The van der Waals surface area contributed by atoms with Crippen LogP contribution in [0.1, 0.15) is 30.7 Å². The van der Waals surface area contributed by atoms with Crippen molar-refractivity contribution in [2.75, 3.05) is 18.6 Å². The van der Waals surface area contributed by atoms with E-state index in [4.69, 9.17) is 0 Å². The van der Waals surface area contributed by atoms with Crippen LogP contribution in [0.5, 0.6) is 0 Å². The molecule has 0 fully saturated rings. The Morgan fingerprint density at radius 1 is 1.43 bits per heavy atom. The predicted octanol–water partition coefficient (Wildman–Crippen LogP) is 2.14. The van der Waals surface area contributed by atoms with Crippen LogP contribution >= 0.6 is 11.3 Å². The summed E-state index contributed by atoms with van der Waals surface area (Å²) in [6.45, 7) is 7.75. The Hall–Kier alpha value is -1.21. The number of rotatable bonds is 5. The third-order valence-electron chi connectivity index (χ3n) is 2.79. The predicted molar refractivity (Wildman–Crippen MR) is 87.1 cm³/mol. The number of hydrogen-bond donors (Lipinski definition) is 0. The maximum Gasteiger partial charge on any atom is 0.247 e. The summed E-state index contributed by atoms with van der Waals surface area (Å²) in [5.74, 6) is -0.235. The first-order chi connectivity index (χ1) is 9.49. The first-order valence-electron chi connectivity index (χ1n) is 6.59. The SMILES string of the molecule is Cc1ncc(C=CC(=O)N(CCS(C)(=O)=O)C(C)(C)C)s1. The molecule has 0 aromatic carbocycles. The van der Waals surface area contributed by atoms with Gasteiger partial charge in [0.2, 0.25) is 5.91 Å². The van der Waals surface area contributed by atoms with Gasteiger partial charge < -0.3 is 4.90 Å². The highest BCUT2D eigenvalue weighted by atomic mass is 32.2. The average molecular weight is 330 g/mol. The monoisotopic (exact) mass is 330 g/mol. The van der Waals surface area contributed by atoms with Gasteiger partial charge in [-0.1, -0.05) is 0 Å². The van der Waals surface area contributed by atoms with E-state index < -0.39 is 15.4 Å². The molecule has 1 aromatic rings. The number of aryl methyl sites for hydroxylation is 1. The number of amides is 1. The summed E-state index contributed by atoms with van der Waals surface area (Å²) in [5.41, 5.74) is -0.435. The minimum atomic E-state index is -3.10. The lowest BCUT2D eigenvalue weighted by atomic mass is 10.1. The van der Waals surface area contributed by atoms with Crippen molar-refractivity contribution < 1.29 is 13.2 Å². The van der Waals surface area contributed by atoms with Crippen molar-refractivity contribution in [2.24, 2.45) is 0 Å². The summed E-state index contributed by atoms with van der Waals surface area (Å²) in [4.78, 5) is 18.9. The van der Waals surface area contributed by atoms with Crippen LogP contribution in [0, 0.1) is 6.92 Å².